The number of imidazole rings is 1. The minimum absolute atomic E-state index is 0. The molecule has 4 aromatic rings. The molecule has 0 aliphatic heterocycles. The summed E-state index contributed by atoms with van der Waals surface area (Å²) >= 11 is 0. The average Bonchev–Trinajstić information content (AvgIpc) is 3.06. The number of hydrogen-bond donors (Lipinski definition) is 0. The van der Waals surface area contributed by atoms with Crippen molar-refractivity contribution in [1.82, 2.24) is 9.55 Å². The van der Waals surface area contributed by atoms with Crippen LogP contribution >= 0.6 is 0 Å². The third-order valence-corrected chi connectivity index (χ3v) is 5.31. The molecule has 2 nitrogen and oxygen atoms in total. The summed E-state index contributed by atoms with van der Waals surface area (Å²) in [7, 11) is 0. The van der Waals surface area contributed by atoms with Gasteiger partial charge in [-0.2, -0.15) is 0 Å². The van der Waals surface area contributed by atoms with Crippen molar-refractivity contribution in [3.05, 3.63) is 94.7 Å². The maximum absolute atomic E-state index is 4.86. The SMILES string of the molecule is Cc1cc(C)c(-n2c(-c3c(C)cccc3C)cnc2-c2[c-]cccc2)c(C)c1.[Ir]. The minimum atomic E-state index is 0. The molecule has 0 fully saturated rings. The molecule has 0 atom stereocenters. The number of benzene rings is 3. The average molecular weight is 558 g/mol. The molecule has 3 aromatic carbocycles. The third-order valence-electron chi connectivity index (χ3n) is 5.31. The van der Waals surface area contributed by atoms with Gasteiger partial charge in [0.05, 0.1) is 11.5 Å². The summed E-state index contributed by atoms with van der Waals surface area (Å²) in [5, 5.41) is 0. The predicted octanol–water partition coefficient (Wildman–Crippen LogP) is 6.55. The number of nitrogens with zero attached hydrogens (tertiary/aromatic N) is 2. The van der Waals surface area contributed by atoms with Crippen molar-refractivity contribution in [1.29, 1.82) is 0 Å². The molecular formula is C26H25IrN2-. The molecule has 3 heteroatoms. The first kappa shape index (κ1) is 21.2. The zero-order valence-electron chi connectivity index (χ0n) is 17.5. The van der Waals surface area contributed by atoms with Crippen LogP contribution in [0.4, 0.5) is 0 Å². The van der Waals surface area contributed by atoms with E-state index in [1.807, 2.05) is 24.4 Å². The van der Waals surface area contributed by atoms with Gasteiger partial charge in [-0.1, -0.05) is 35.9 Å². The Morgan fingerprint density at radius 3 is 2.03 bits per heavy atom. The van der Waals surface area contributed by atoms with E-state index in [1.54, 1.807) is 0 Å². The number of aromatic nitrogens is 2. The second-order valence-electron chi connectivity index (χ2n) is 7.59. The van der Waals surface area contributed by atoms with E-state index in [-0.39, 0.29) is 20.1 Å². The normalized spacial score (nSPS) is 10.7. The first-order chi connectivity index (χ1) is 13.5. The molecule has 0 saturated heterocycles. The van der Waals surface area contributed by atoms with Crippen LogP contribution < -0.4 is 0 Å². The maximum Gasteiger partial charge on any atom is 0.0639 e. The standard InChI is InChI=1S/C26H25N2.Ir/c1-17-14-20(4)25(21(5)15-17)28-23(24-18(2)10-9-11-19(24)3)16-27-26(28)22-12-7-6-8-13-22;/h6-12,14-16H,1-5H3;/q-1;. The second-order valence-corrected chi connectivity index (χ2v) is 7.59. The molecule has 1 aromatic heterocycles. The molecule has 4 rings (SSSR count). The molecular weight excluding hydrogens is 533 g/mol. The van der Waals surface area contributed by atoms with E-state index in [4.69, 9.17) is 4.98 Å². The number of rotatable bonds is 3. The second kappa shape index (κ2) is 8.49. The van der Waals surface area contributed by atoms with Crippen molar-refractivity contribution in [2.75, 3.05) is 0 Å². The molecule has 0 aliphatic rings. The largest absolute Gasteiger partial charge is 0.333 e. The smallest absolute Gasteiger partial charge is 0.0639 e. The molecule has 0 aliphatic carbocycles. The molecule has 0 amide bonds. The van der Waals surface area contributed by atoms with Crippen molar-refractivity contribution in [2.45, 2.75) is 34.6 Å². The molecule has 0 spiro atoms. The Morgan fingerprint density at radius 2 is 1.45 bits per heavy atom. The third kappa shape index (κ3) is 3.85. The summed E-state index contributed by atoms with van der Waals surface area (Å²) in [5.74, 6) is 0.924. The minimum Gasteiger partial charge on any atom is -0.333 e. The van der Waals surface area contributed by atoms with Gasteiger partial charge in [-0.05, 0) is 56.9 Å². The van der Waals surface area contributed by atoms with Gasteiger partial charge >= 0.3 is 0 Å². The Kier molecular flexibility index (Phi) is 6.21. The zero-order valence-corrected chi connectivity index (χ0v) is 19.9. The van der Waals surface area contributed by atoms with Gasteiger partial charge in [0.25, 0.3) is 0 Å². The Morgan fingerprint density at radius 1 is 0.793 bits per heavy atom. The summed E-state index contributed by atoms with van der Waals surface area (Å²) in [4.78, 5) is 4.86. The van der Waals surface area contributed by atoms with Crippen LogP contribution in [0.2, 0.25) is 0 Å². The first-order valence-corrected chi connectivity index (χ1v) is 9.67. The van der Waals surface area contributed by atoms with Gasteiger partial charge in [0, 0.05) is 37.6 Å². The summed E-state index contributed by atoms with van der Waals surface area (Å²) in [6.07, 6.45) is 2.00. The van der Waals surface area contributed by atoms with Crippen molar-refractivity contribution in [3.8, 4) is 28.3 Å². The van der Waals surface area contributed by atoms with E-state index >= 15 is 0 Å². The maximum atomic E-state index is 4.86. The Hall–Kier alpha value is -2.48. The van der Waals surface area contributed by atoms with Gasteiger partial charge in [0.15, 0.2) is 0 Å². The fraction of sp³-hybridized carbons (Fsp3) is 0.192. The van der Waals surface area contributed by atoms with Gasteiger partial charge in [-0.15, -0.1) is 35.9 Å². The van der Waals surface area contributed by atoms with Gasteiger partial charge in [0.2, 0.25) is 0 Å². The van der Waals surface area contributed by atoms with Crippen molar-refractivity contribution >= 4 is 0 Å². The fourth-order valence-corrected chi connectivity index (χ4v) is 4.22. The molecule has 1 heterocycles. The van der Waals surface area contributed by atoms with Crippen molar-refractivity contribution in [2.24, 2.45) is 0 Å². The van der Waals surface area contributed by atoms with E-state index < -0.39 is 0 Å². The van der Waals surface area contributed by atoms with Crippen molar-refractivity contribution < 1.29 is 20.1 Å². The first-order valence-electron chi connectivity index (χ1n) is 9.67. The van der Waals surface area contributed by atoms with Crippen LogP contribution in [0.1, 0.15) is 27.8 Å². The molecule has 0 N–H and O–H groups in total. The predicted molar refractivity (Wildman–Crippen MR) is 117 cm³/mol. The monoisotopic (exact) mass is 558 g/mol. The quantitative estimate of drug-likeness (QED) is 0.262. The fourth-order valence-electron chi connectivity index (χ4n) is 4.22. The molecule has 0 saturated carbocycles. The van der Waals surface area contributed by atoms with Gasteiger partial charge in [-0.3, -0.25) is 4.98 Å². The number of hydrogen-bond acceptors (Lipinski definition) is 1. The summed E-state index contributed by atoms with van der Waals surface area (Å²) in [5.41, 5.74) is 10.9. The molecule has 0 bridgehead atoms. The molecule has 1 radical (unpaired) electrons. The van der Waals surface area contributed by atoms with Crippen LogP contribution in [0.3, 0.4) is 0 Å². The Labute approximate surface area is 187 Å². The molecule has 0 unspecified atom stereocenters. The van der Waals surface area contributed by atoms with Crippen LogP contribution in [0.25, 0.3) is 28.3 Å². The van der Waals surface area contributed by atoms with Gasteiger partial charge in [0.1, 0.15) is 0 Å². The molecule has 29 heavy (non-hydrogen) atoms. The van der Waals surface area contributed by atoms with Crippen LogP contribution in [-0.4, -0.2) is 9.55 Å². The summed E-state index contributed by atoms with van der Waals surface area (Å²) in [6, 6.07) is 22.4. The summed E-state index contributed by atoms with van der Waals surface area (Å²) < 4.78 is 2.31. The van der Waals surface area contributed by atoms with Crippen LogP contribution in [0.15, 0.2) is 60.8 Å². The topological polar surface area (TPSA) is 17.8 Å². The van der Waals surface area contributed by atoms with E-state index in [0.717, 1.165) is 17.1 Å². The van der Waals surface area contributed by atoms with Gasteiger partial charge in [-0.25, -0.2) is 0 Å². The van der Waals surface area contributed by atoms with Gasteiger partial charge < -0.3 is 4.57 Å². The van der Waals surface area contributed by atoms with E-state index in [9.17, 15) is 0 Å². The zero-order chi connectivity index (χ0) is 19.8. The Balaban J connectivity index is 0.00000240. The van der Waals surface area contributed by atoms with E-state index in [1.165, 1.54) is 39.1 Å². The summed E-state index contributed by atoms with van der Waals surface area (Å²) in [6.45, 7) is 10.9. The van der Waals surface area contributed by atoms with Crippen LogP contribution in [0.5, 0.6) is 0 Å². The number of aryl methyl sites for hydroxylation is 5. The van der Waals surface area contributed by atoms with Crippen LogP contribution in [0, 0.1) is 40.7 Å². The molecule has 149 valence electrons. The van der Waals surface area contributed by atoms with Crippen molar-refractivity contribution in [3.63, 3.8) is 0 Å². The Bertz CT molecular complexity index is 1110. The van der Waals surface area contributed by atoms with E-state index in [0.29, 0.717) is 0 Å². The van der Waals surface area contributed by atoms with Crippen LogP contribution in [-0.2, 0) is 20.1 Å². The van der Waals surface area contributed by atoms with E-state index in [2.05, 4.69) is 81.7 Å².